The first-order valence-electron chi connectivity index (χ1n) is 1.11. The van der Waals surface area contributed by atoms with Gasteiger partial charge >= 0.3 is 11.9 Å². The van der Waals surface area contributed by atoms with E-state index in [1.54, 1.807) is 0 Å². The Bertz CT molecular complexity index is 75.7. The second-order valence-corrected chi connectivity index (χ2v) is 0.610. The molecule has 0 saturated heterocycles. The third-order valence-electron chi connectivity index (χ3n) is 0.183. The first kappa shape index (κ1) is 9.76. The van der Waals surface area contributed by atoms with Crippen LogP contribution in [0.1, 0.15) is 0 Å². The Balaban J connectivity index is 0. The van der Waals surface area contributed by atoms with Gasteiger partial charge in [0.1, 0.15) is 0 Å². The van der Waals surface area contributed by atoms with Gasteiger partial charge in [-0.25, -0.2) is 9.59 Å². The summed E-state index contributed by atoms with van der Waals surface area (Å²) >= 11 is 0. The molecule has 5 heteroatoms. The van der Waals surface area contributed by atoms with Gasteiger partial charge in [-0.3, -0.25) is 0 Å². The van der Waals surface area contributed by atoms with Gasteiger partial charge < -0.3 is 10.2 Å². The van der Waals surface area contributed by atoms with Crippen molar-refractivity contribution in [2.45, 2.75) is 0 Å². The van der Waals surface area contributed by atoms with Crippen LogP contribution in [0.25, 0.3) is 0 Å². The van der Waals surface area contributed by atoms with Crippen molar-refractivity contribution in [2.24, 2.45) is 0 Å². The molecule has 7 heavy (non-hydrogen) atoms. The predicted octanol–water partition coefficient (Wildman–Crippen LogP) is -0.847. The molecular formula is C2H2O4Os. The quantitative estimate of drug-likeness (QED) is 0.567. The molecule has 0 aliphatic heterocycles. The molecule has 0 aromatic rings. The van der Waals surface area contributed by atoms with Gasteiger partial charge in [-0.2, -0.15) is 0 Å². The van der Waals surface area contributed by atoms with Crippen molar-refractivity contribution in [3.63, 3.8) is 0 Å². The number of carboxylic acid groups (broad SMARTS) is 2. The van der Waals surface area contributed by atoms with Crippen LogP contribution < -0.4 is 0 Å². The largest absolute Gasteiger partial charge is 0.473 e. The SMILES string of the molecule is O=C(O)C(=O)O.[Os]. The van der Waals surface area contributed by atoms with Crippen LogP contribution in [-0.4, -0.2) is 22.2 Å². The van der Waals surface area contributed by atoms with E-state index in [4.69, 9.17) is 19.8 Å². The van der Waals surface area contributed by atoms with Crippen LogP contribution in [0.5, 0.6) is 0 Å². The molecule has 2 N–H and O–H groups in total. The summed E-state index contributed by atoms with van der Waals surface area (Å²) in [4.78, 5) is 18.2. The van der Waals surface area contributed by atoms with Gasteiger partial charge in [-0.15, -0.1) is 0 Å². The molecule has 0 aliphatic rings. The van der Waals surface area contributed by atoms with E-state index in [0.717, 1.165) is 0 Å². The molecule has 0 aromatic carbocycles. The molecule has 0 aromatic heterocycles. The molecule has 42 valence electrons. The minimum Gasteiger partial charge on any atom is -0.473 e. The summed E-state index contributed by atoms with van der Waals surface area (Å²) in [5, 5.41) is 14.8. The molecule has 0 amide bonds. The minimum absolute atomic E-state index is 0. The summed E-state index contributed by atoms with van der Waals surface area (Å²) < 4.78 is 0. The number of carboxylic acids is 2. The molecule has 0 heterocycles. The standard InChI is InChI=1S/C2H2O4.Os/c3-1(4)2(5)6;/h(H,3,4)(H,5,6);. The molecule has 0 radical (unpaired) electrons. The molecule has 0 unspecified atom stereocenters. The van der Waals surface area contributed by atoms with Gasteiger partial charge in [0.2, 0.25) is 0 Å². The van der Waals surface area contributed by atoms with Gasteiger partial charge in [0, 0.05) is 19.8 Å². The van der Waals surface area contributed by atoms with Crippen LogP contribution in [0.15, 0.2) is 0 Å². The van der Waals surface area contributed by atoms with Gasteiger partial charge in [0.15, 0.2) is 0 Å². The van der Waals surface area contributed by atoms with Crippen LogP contribution in [0.3, 0.4) is 0 Å². The molecule has 0 saturated carbocycles. The number of hydrogen-bond acceptors (Lipinski definition) is 2. The Hall–Kier alpha value is -0.424. The summed E-state index contributed by atoms with van der Waals surface area (Å²) in [7, 11) is 0. The zero-order valence-corrected chi connectivity index (χ0v) is 5.60. The fraction of sp³-hybridized carbons (Fsp3) is 0. The van der Waals surface area contributed by atoms with Crippen LogP contribution in [0, 0.1) is 0 Å². The van der Waals surface area contributed by atoms with Gasteiger partial charge in [-0.1, -0.05) is 0 Å². The average molecular weight is 280 g/mol. The number of aliphatic carboxylic acids is 2. The zero-order valence-electron chi connectivity index (χ0n) is 3.06. The fourth-order valence-corrected chi connectivity index (χ4v) is 0. The van der Waals surface area contributed by atoms with Gasteiger partial charge in [-0.05, 0) is 0 Å². The number of carbonyl (C=O) groups is 2. The van der Waals surface area contributed by atoms with E-state index in [0.29, 0.717) is 0 Å². The van der Waals surface area contributed by atoms with Crippen molar-refractivity contribution in [1.82, 2.24) is 0 Å². The maximum atomic E-state index is 9.10. The Labute approximate surface area is 52.2 Å². The summed E-state index contributed by atoms with van der Waals surface area (Å²) in [6.07, 6.45) is 0. The maximum Gasteiger partial charge on any atom is 0.414 e. The fourth-order valence-electron chi connectivity index (χ4n) is 0. The molecule has 0 fully saturated rings. The first-order valence-corrected chi connectivity index (χ1v) is 1.11. The normalized spacial score (nSPS) is 6.29. The van der Waals surface area contributed by atoms with E-state index in [1.165, 1.54) is 0 Å². The molecule has 0 atom stereocenters. The van der Waals surface area contributed by atoms with Crippen LogP contribution in [0.2, 0.25) is 0 Å². The summed E-state index contributed by atoms with van der Waals surface area (Å²) in [5.41, 5.74) is 0. The van der Waals surface area contributed by atoms with Crippen molar-refractivity contribution in [3.8, 4) is 0 Å². The Morgan fingerprint density at radius 2 is 1.14 bits per heavy atom. The number of hydrogen-bond donors (Lipinski definition) is 2. The monoisotopic (exact) mass is 282 g/mol. The Kier molecular flexibility index (Phi) is 5.24. The zero-order chi connectivity index (χ0) is 5.15. The predicted molar refractivity (Wildman–Crippen MR) is 15.3 cm³/mol. The van der Waals surface area contributed by atoms with E-state index >= 15 is 0 Å². The van der Waals surface area contributed by atoms with E-state index in [9.17, 15) is 0 Å². The van der Waals surface area contributed by atoms with E-state index in [2.05, 4.69) is 0 Å². The molecular weight excluding hydrogens is 278 g/mol. The Morgan fingerprint density at radius 3 is 1.14 bits per heavy atom. The third kappa shape index (κ3) is 5.58. The van der Waals surface area contributed by atoms with Crippen LogP contribution >= 0.6 is 0 Å². The van der Waals surface area contributed by atoms with Gasteiger partial charge in [0.25, 0.3) is 0 Å². The molecule has 4 nitrogen and oxygen atoms in total. The van der Waals surface area contributed by atoms with Gasteiger partial charge in [0.05, 0.1) is 0 Å². The summed E-state index contributed by atoms with van der Waals surface area (Å²) in [5.74, 6) is -3.65. The second kappa shape index (κ2) is 3.76. The van der Waals surface area contributed by atoms with Crippen molar-refractivity contribution < 1.29 is 39.6 Å². The molecule has 0 rings (SSSR count). The summed E-state index contributed by atoms with van der Waals surface area (Å²) in [6.45, 7) is 0. The second-order valence-electron chi connectivity index (χ2n) is 0.610. The van der Waals surface area contributed by atoms with Crippen LogP contribution in [-0.2, 0) is 29.4 Å². The van der Waals surface area contributed by atoms with Crippen molar-refractivity contribution in [1.29, 1.82) is 0 Å². The van der Waals surface area contributed by atoms with E-state index in [-0.39, 0.29) is 19.8 Å². The van der Waals surface area contributed by atoms with E-state index < -0.39 is 11.9 Å². The van der Waals surface area contributed by atoms with Crippen LogP contribution in [0.4, 0.5) is 0 Å². The topological polar surface area (TPSA) is 74.6 Å². The molecule has 0 spiro atoms. The van der Waals surface area contributed by atoms with Crippen molar-refractivity contribution >= 4 is 11.9 Å². The van der Waals surface area contributed by atoms with Crippen molar-refractivity contribution in [2.75, 3.05) is 0 Å². The van der Waals surface area contributed by atoms with Crippen molar-refractivity contribution in [3.05, 3.63) is 0 Å². The molecule has 0 bridgehead atoms. The first-order chi connectivity index (χ1) is 2.64. The smallest absolute Gasteiger partial charge is 0.414 e. The maximum absolute atomic E-state index is 9.10. The average Bonchev–Trinajstić information content (AvgIpc) is 1.36. The summed E-state index contributed by atoms with van der Waals surface area (Å²) in [6, 6.07) is 0. The van der Waals surface area contributed by atoms with E-state index in [1.807, 2.05) is 0 Å². The molecule has 0 aliphatic carbocycles. The minimum atomic E-state index is -1.82. The number of rotatable bonds is 0. The Morgan fingerprint density at radius 1 is 1.00 bits per heavy atom. The third-order valence-corrected chi connectivity index (χ3v) is 0.183.